The Balaban J connectivity index is 2.43. The molecular weight excluding hydrogens is 216 g/mol. The minimum atomic E-state index is 0.454. The average molecular weight is 235 g/mol. The van der Waals surface area contributed by atoms with Crippen LogP contribution in [-0.2, 0) is 4.74 Å². The van der Waals surface area contributed by atoms with E-state index in [0.717, 1.165) is 24.5 Å². The molecule has 0 aromatic rings. The fraction of sp³-hybridized carbons (Fsp3) is 1.00. The lowest BCUT2D eigenvalue weighted by atomic mass is 9.80. The molecule has 0 aromatic heterocycles. The van der Waals surface area contributed by atoms with E-state index in [1.165, 1.54) is 19.3 Å². The maximum Gasteiger partial charge on any atom is 0.0531 e. The van der Waals surface area contributed by atoms with Crippen molar-refractivity contribution in [2.45, 2.75) is 33.1 Å². The second kappa shape index (κ2) is 4.61. The van der Waals surface area contributed by atoms with Gasteiger partial charge in [0.25, 0.3) is 0 Å². The number of hydrogen-bond donors (Lipinski definition) is 0. The van der Waals surface area contributed by atoms with Crippen LogP contribution in [0.2, 0.25) is 0 Å². The first-order valence-corrected chi connectivity index (χ1v) is 5.98. The Kier molecular flexibility index (Phi) is 4.04. The van der Waals surface area contributed by atoms with Crippen LogP contribution in [0.5, 0.6) is 0 Å². The minimum absolute atomic E-state index is 0.454. The first-order valence-electron chi connectivity index (χ1n) is 4.86. The van der Waals surface area contributed by atoms with Gasteiger partial charge in [-0.1, -0.05) is 36.2 Å². The summed E-state index contributed by atoms with van der Waals surface area (Å²) in [6.45, 7) is 6.52. The molecule has 0 aliphatic carbocycles. The molecule has 1 aliphatic heterocycles. The lowest BCUT2D eigenvalue weighted by molar-refractivity contribution is 0.148. The third kappa shape index (κ3) is 2.46. The highest BCUT2D eigenvalue weighted by Gasteiger charge is 2.34. The van der Waals surface area contributed by atoms with Gasteiger partial charge in [-0.2, -0.15) is 0 Å². The van der Waals surface area contributed by atoms with Crippen LogP contribution in [-0.4, -0.2) is 18.5 Å². The molecule has 1 nitrogen and oxygen atoms in total. The van der Waals surface area contributed by atoms with E-state index in [1.54, 1.807) is 0 Å². The molecule has 12 heavy (non-hydrogen) atoms. The van der Waals surface area contributed by atoms with Crippen molar-refractivity contribution in [3.63, 3.8) is 0 Å². The molecule has 0 spiro atoms. The largest absolute Gasteiger partial charge is 0.381 e. The van der Waals surface area contributed by atoms with Crippen LogP contribution < -0.4 is 0 Å². The molecule has 0 radical (unpaired) electrons. The Labute approximate surface area is 84.0 Å². The fourth-order valence-electron chi connectivity index (χ4n) is 1.85. The van der Waals surface area contributed by atoms with Crippen LogP contribution in [0.3, 0.4) is 0 Å². The summed E-state index contributed by atoms with van der Waals surface area (Å²) in [5, 5.41) is 1.10. The molecule has 2 atom stereocenters. The predicted molar refractivity (Wildman–Crippen MR) is 55.7 cm³/mol. The van der Waals surface area contributed by atoms with Crippen LogP contribution in [0.25, 0.3) is 0 Å². The van der Waals surface area contributed by atoms with Crippen molar-refractivity contribution in [3.8, 4) is 0 Å². The van der Waals surface area contributed by atoms with Gasteiger partial charge in [0.05, 0.1) is 6.61 Å². The molecule has 0 saturated carbocycles. The molecule has 72 valence electrons. The maximum atomic E-state index is 5.47. The van der Waals surface area contributed by atoms with Crippen molar-refractivity contribution in [3.05, 3.63) is 0 Å². The number of ether oxygens (including phenoxy) is 1. The lowest BCUT2D eigenvalue weighted by Crippen LogP contribution is -2.25. The van der Waals surface area contributed by atoms with E-state index < -0.39 is 0 Å². The molecule has 1 saturated heterocycles. The fourth-order valence-corrected chi connectivity index (χ4v) is 2.53. The van der Waals surface area contributed by atoms with Gasteiger partial charge >= 0.3 is 0 Å². The zero-order chi connectivity index (χ0) is 9.03. The quantitative estimate of drug-likeness (QED) is 0.680. The van der Waals surface area contributed by atoms with E-state index in [-0.39, 0.29) is 0 Å². The summed E-state index contributed by atoms with van der Waals surface area (Å²) in [6.07, 6.45) is 3.84. The van der Waals surface area contributed by atoms with Crippen molar-refractivity contribution >= 4 is 15.9 Å². The molecule has 0 amide bonds. The highest BCUT2D eigenvalue weighted by molar-refractivity contribution is 9.09. The summed E-state index contributed by atoms with van der Waals surface area (Å²) in [6, 6.07) is 0. The van der Waals surface area contributed by atoms with Gasteiger partial charge in [-0.15, -0.1) is 0 Å². The van der Waals surface area contributed by atoms with E-state index in [4.69, 9.17) is 4.74 Å². The summed E-state index contributed by atoms with van der Waals surface area (Å²) < 4.78 is 5.47. The summed E-state index contributed by atoms with van der Waals surface area (Å²) in [7, 11) is 0. The van der Waals surface area contributed by atoms with E-state index >= 15 is 0 Å². The molecule has 1 aliphatic rings. The van der Waals surface area contributed by atoms with Crippen molar-refractivity contribution in [1.82, 2.24) is 0 Å². The molecule has 1 rings (SSSR count). The standard InChI is InChI=1S/C10H19BrO/c1-3-9(2)6-10(7-11)4-5-12-8-10/h9H,3-8H2,1-2H3. The Hall–Kier alpha value is 0.440. The Morgan fingerprint density at radius 1 is 1.58 bits per heavy atom. The van der Waals surface area contributed by atoms with Crippen LogP contribution in [0.4, 0.5) is 0 Å². The number of halogens is 1. The van der Waals surface area contributed by atoms with Crippen molar-refractivity contribution in [2.24, 2.45) is 11.3 Å². The van der Waals surface area contributed by atoms with Crippen LogP contribution in [0, 0.1) is 11.3 Å². The summed E-state index contributed by atoms with van der Waals surface area (Å²) >= 11 is 3.61. The normalized spacial score (nSPS) is 32.2. The van der Waals surface area contributed by atoms with Gasteiger partial charge in [-0.25, -0.2) is 0 Å². The lowest BCUT2D eigenvalue weighted by Gasteiger charge is -2.27. The smallest absolute Gasteiger partial charge is 0.0531 e. The number of hydrogen-bond acceptors (Lipinski definition) is 1. The highest BCUT2D eigenvalue weighted by atomic mass is 79.9. The van der Waals surface area contributed by atoms with Gasteiger partial charge in [0.2, 0.25) is 0 Å². The molecule has 1 heterocycles. The summed E-state index contributed by atoms with van der Waals surface area (Å²) in [5.41, 5.74) is 0.454. The monoisotopic (exact) mass is 234 g/mol. The molecular formula is C10H19BrO. The van der Waals surface area contributed by atoms with Gasteiger partial charge in [-0.3, -0.25) is 0 Å². The van der Waals surface area contributed by atoms with E-state index in [0.29, 0.717) is 5.41 Å². The average Bonchev–Trinajstić information content (AvgIpc) is 2.54. The highest BCUT2D eigenvalue weighted by Crippen LogP contribution is 2.37. The first-order chi connectivity index (χ1) is 5.72. The van der Waals surface area contributed by atoms with E-state index in [1.807, 2.05) is 0 Å². The second-order valence-corrected chi connectivity index (χ2v) is 4.71. The molecule has 2 unspecified atom stereocenters. The maximum absolute atomic E-state index is 5.47. The Morgan fingerprint density at radius 3 is 2.75 bits per heavy atom. The third-order valence-corrected chi connectivity index (χ3v) is 4.14. The minimum Gasteiger partial charge on any atom is -0.381 e. The van der Waals surface area contributed by atoms with Gasteiger partial charge in [-0.05, 0) is 18.8 Å². The Bertz CT molecular complexity index is 130. The van der Waals surface area contributed by atoms with Crippen LogP contribution >= 0.6 is 15.9 Å². The summed E-state index contributed by atoms with van der Waals surface area (Å²) in [5.74, 6) is 0.837. The molecule has 0 N–H and O–H groups in total. The molecule has 2 heteroatoms. The summed E-state index contributed by atoms with van der Waals surface area (Å²) in [4.78, 5) is 0. The molecule has 0 aromatic carbocycles. The first kappa shape index (κ1) is 10.5. The van der Waals surface area contributed by atoms with Crippen LogP contribution in [0.1, 0.15) is 33.1 Å². The van der Waals surface area contributed by atoms with Gasteiger partial charge in [0.1, 0.15) is 0 Å². The number of rotatable bonds is 4. The SMILES string of the molecule is CCC(C)CC1(CBr)CCOC1. The Morgan fingerprint density at radius 2 is 2.33 bits per heavy atom. The van der Waals surface area contributed by atoms with Crippen molar-refractivity contribution < 1.29 is 4.74 Å². The van der Waals surface area contributed by atoms with Gasteiger partial charge in [0.15, 0.2) is 0 Å². The third-order valence-electron chi connectivity index (χ3n) is 2.95. The molecule has 1 fully saturated rings. The second-order valence-electron chi connectivity index (χ2n) is 4.15. The van der Waals surface area contributed by atoms with Crippen molar-refractivity contribution in [1.29, 1.82) is 0 Å². The van der Waals surface area contributed by atoms with Crippen molar-refractivity contribution in [2.75, 3.05) is 18.5 Å². The van der Waals surface area contributed by atoms with E-state index in [2.05, 4.69) is 29.8 Å². The van der Waals surface area contributed by atoms with Crippen LogP contribution in [0.15, 0.2) is 0 Å². The number of alkyl halides is 1. The topological polar surface area (TPSA) is 9.23 Å². The van der Waals surface area contributed by atoms with Gasteiger partial charge < -0.3 is 4.74 Å². The predicted octanol–water partition coefficient (Wildman–Crippen LogP) is 3.22. The van der Waals surface area contributed by atoms with Gasteiger partial charge in [0, 0.05) is 17.4 Å². The van der Waals surface area contributed by atoms with E-state index in [9.17, 15) is 0 Å². The molecule has 0 bridgehead atoms. The zero-order valence-electron chi connectivity index (χ0n) is 8.11. The zero-order valence-corrected chi connectivity index (χ0v) is 9.69.